The molecule has 0 saturated carbocycles. The van der Waals surface area contributed by atoms with E-state index in [4.69, 9.17) is 0 Å². The first kappa shape index (κ1) is 15.7. The molecule has 21 heavy (non-hydrogen) atoms. The highest BCUT2D eigenvalue weighted by molar-refractivity contribution is 5.64. The van der Waals surface area contributed by atoms with Crippen LogP contribution in [0.25, 0.3) is 0 Å². The SMILES string of the molecule is CC(O)c1ccc(N2CCC(C(C)O)CC2)c([N+](=O)[O-])c1. The van der Waals surface area contributed by atoms with Crippen molar-refractivity contribution < 1.29 is 15.1 Å². The number of hydrogen-bond acceptors (Lipinski definition) is 5. The summed E-state index contributed by atoms with van der Waals surface area (Å²) in [5, 5.41) is 30.5. The van der Waals surface area contributed by atoms with Crippen molar-refractivity contribution in [1.82, 2.24) is 0 Å². The van der Waals surface area contributed by atoms with Crippen molar-refractivity contribution in [3.8, 4) is 0 Å². The molecule has 1 saturated heterocycles. The van der Waals surface area contributed by atoms with Gasteiger partial charge in [-0.25, -0.2) is 0 Å². The fourth-order valence-electron chi connectivity index (χ4n) is 2.84. The lowest BCUT2D eigenvalue weighted by Gasteiger charge is -2.34. The Bertz CT molecular complexity index is 508. The van der Waals surface area contributed by atoms with Crippen molar-refractivity contribution in [3.63, 3.8) is 0 Å². The van der Waals surface area contributed by atoms with E-state index in [0.29, 0.717) is 24.3 Å². The number of nitro groups is 1. The first-order chi connectivity index (χ1) is 9.90. The van der Waals surface area contributed by atoms with Gasteiger partial charge in [-0.3, -0.25) is 10.1 Å². The first-order valence-electron chi connectivity index (χ1n) is 7.29. The van der Waals surface area contributed by atoms with Crippen LogP contribution in [-0.4, -0.2) is 34.3 Å². The summed E-state index contributed by atoms with van der Waals surface area (Å²) >= 11 is 0. The van der Waals surface area contributed by atoms with E-state index in [9.17, 15) is 20.3 Å². The number of anilines is 1. The highest BCUT2D eigenvalue weighted by Gasteiger charge is 2.27. The molecular weight excluding hydrogens is 272 g/mol. The van der Waals surface area contributed by atoms with Gasteiger partial charge in [-0.1, -0.05) is 6.07 Å². The van der Waals surface area contributed by atoms with Gasteiger partial charge < -0.3 is 15.1 Å². The smallest absolute Gasteiger partial charge is 0.292 e. The maximum absolute atomic E-state index is 11.3. The average Bonchev–Trinajstić information content (AvgIpc) is 2.46. The molecule has 1 aliphatic heterocycles. The molecule has 2 unspecified atom stereocenters. The zero-order valence-electron chi connectivity index (χ0n) is 12.4. The molecular formula is C15H22N2O4. The summed E-state index contributed by atoms with van der Waals surface area (Å²) in [6.07, 6.45) is 0.596. The van der Waals surface area contributed by atoms with Crippen LogP contribution in [0.4, 0.5) is 11.4 Å². The monoisotopic (exact) mass is 294 g/mol. The van der Waals surface area contributed by atoms with Gasteiger partial charge in [-0.05, 0) is 44.2 Å². The molecule has 116 valence electrons. The van der Waals surface area contributed by atoms with E-state index >= 15 is 0 Å². The molecule has 1 aliphatic rings. The van der Waals surface area contributed by atoms with Crippen molar-refractivity contribution in [3.05, 3.63) is 33.9 Å². The number of piperidine rings is 1. The largest absolute Gasteiger partial charge is 0.393 e. The number of nitro benzene ring substituents is 1. The Morgan fingerprint density at radius 2 is 1.90 bits per heavy atom. The van der Waals surface area contributed by atoms with Gasteiger partial charge in [0, 0.05) is 19.2 Å². The minimum absolute atomic E-state index is 0.0314. The summed E-state index contributed by atoms with van der Waals surface area (Å²) in [6, 6.07) is 4.89. The molecule has 1 fully saturated rings. The lowest BCUT2D eigenvalue weighted by molar-refractivity contribution is -0.384. The Morgan fingerprint density at radius 1 is 1.29 bits per heavy atom. The zero-order chi connectivity index (χ0) is 15.6. The highest BCUT2D eigenvalue weighted by Crippen LogP contribution is 2.34. The molecule has 2 N–H and O–H groups in total. The molecule has 2 rings (SSSR count). The molecule has 0 radical (unpaired) electrons. The normalized spacial score (nSPS) is 19.3. The molecule has 6 nitrogen and oxygen atoms in total. The number of rotatable bonds is 4. The Labute approximate surface area is 124 Å². The van der Waals surface area contributed by atoms with Gasteiger partial charge in [0.15, 0.2) is 0 Å². The van der Waals surface area contributed by atoms with Gasteiger partial charge in [-0.15, -0.1) is 0 Å². The molecule has 2 atom stereocenters. The van der Waals surface area contributed by atoms with Crippen LogP contribution in [0.5, 0.6) is 0 Å². The van der Waals surface area contributed by atoms with Crippen LogP contribution in [0.2, 0.25) is 0 Å². The molecule has 0 amide bonds. The first-order valence-corrected chi connectivity index (χ1v) is 7.29. The average molecular weight is 294 g/mol. The Morgan fingerprint density at radius 3 is 2.38 bits per heavy atom. The molecule has 0 aliphatic carbocycles. The molecule has 1 aromatic carbocycles. The Balaban J connectivity index is 2.22. The second-order valence-corrected chi connectivity index (χ2v) is 5.75. The van der Waals surface area contributed by atoms with Crippen LogP contribution in [0.3, 0.4) is 0 Å². The van der Waals surface area contributed by atoms with Crippen molar-refractivity contribution >= 4 is 11.4 Å². The van der Waals surface area contributed by atoms with Crippen molar-refractivity contribution in [1.29, 1.82) is 0 Å². The van der Waals surface area contributed by atoms with Gasteiger partial charge in [0.2, 0.25) is 0 Å². The Kier molecular flexibility index (Phi) is 4.80. The van der Waals surface area contributed by atoms with E-state index in [1.54, 1.807) is 26.0 Å². The van der Waals surface area contributed by atoms with Crippen LogP contribution >= 0.6 is 0 Å². The second kappa shape index (κ2) is 6.41. The summed E-state index contributed by atoms with van der Waals surface area (Å²) in [5.41, 5.74) is 1.17. The van der Waals surface area contributed by atoms with Gasteiger partial charge >= 0.3 is 0 Å². The van der Waals surface area contributed by atoms with E-state index in [2.05, 4.69) is 0 Å². The molecule has 0 aromatic heterocycles. The van der Waals surface area contributed by atoms with E-state index in [1.165, 1.54) is 6.07 Å². The van der Waals surface area contributed by atoms with E-state index in [0.717, 1.165) is 12.8 Å². The van der Waals surface area contributed by atoms with Crippen LogP contribution in [0.15, 0.2) is 18.2 Å². The molecule has 6 heteroatoms. The summed E-state index contributed by atoms with van der Waals surface area (Å²) in [4.78, 5) is 12.9. The Hall–Kier alpha value is -1.66. The molecule has 1 heterocycles. The van der Waals surface area contributed by atoms with E-state index in [1.807, 2.05) is 4.90 Å². The second-order valence-electron chi connectivity index (χ2n) is 5.75. The van der Waals surface area contributed by atoms with Crippen LogP contribution in [-0.2, 0) is 0 Å². The topological polar surface area (TPSA) is 86.8 Å². The number of hydrogen-bond donors (Lipinski definition) is 2. The predicted molar refractivity (Wildman–Crippen MR) is 80.3 cm³/mol. The predicted octanol–water partition coefficient (Wildman–Crippen LogP) is 2.25. The summed E-state index contributed by atoms with van der Waals surface area (Å²) < 4.78 is 0. The fraction of sp³-hybridized carbons (Fsp3) is 0.600. The molecule has 0 bridgehead atoms. The van der Waals surface area contributed by atoms with E-state index in [-0.39, 0.29) is 17.7 Å². The number of aliphatic hydroxyl groups is 2. The van der Waals surface area contributed by atoms with Gasteiger partial charge in [0.25, 0.3) is 5.69 Å². The number of aliphatic hydroxyl groups excluding tert-OH is 2. The quantitative estimate of drug-likeness (QED) is 0.657. The summed E-state index contributed by atoms with van der Waals surface area (Å²) in [7, 11) is 0. The van der Waals surface area contributed by atoms with Gasteiger partial charge in [-0.2, -0.15) is 0 Å². The third-order valence-electron chi connectivity index (χ3n) is 4.24. The maximum Gasteiger partial charge on any atom is 0.292 e. The molecule has 1 aromatic rings. The minimum atomic E-state index is -0.723. The van der Waals surface area contributed by atoms with Crippen molar-refractivity contribution in [2.75, 3.05) is 18.0 Å². The van der Waals surface area contributed by atoms with Crippen molar-refractivity contribution in [2.24, 2.45) is 5.92 Å². The summed E-state index contributed by atoms with van der Waals surface area (Å²) in [5.74, 6) is 0.261. The maximum atomic E-state index is 11.3. The lowest BCUT2D eigenvalue weighted by Crippen LogP contribution is -2.37. The number of benzene rings is 1. The van der Waals surface area contributed by atoms with Crippen molar-refractivity contribution in [2.45, 2.75) is 38.9 Å². The van der Waals surface area contributed by atoms with E-state index < -0.39 is 11.0 Å². The summed E-state index contributed by atoms with van der Waals surface area (Å²) in [6.45, 7) is 4.78. The fourth-order valence-corrected chi connectivity index (χ4v) is 2.84. The van der Waals surface area contributed by atoms with Crippen LogP contribution in [0, 0.1) is 16.0 Å². The number of nitrogens with zero attached hydrogens (tertiary/aromatic N) is 2. The minimum Gasteiger partial charge on any atom is -0.393 e. The third kappa shape index (κ3) is 3.51. The molecule has 0 spiro atoms. The third-order valence-corrected chi connectivity index (χ3v) is 4.24. The van der Waals surface area contributed by atoms with Gasteiger partial charge in [0.05, 0.1) is 17.1 Å². The van der Waals surface area contributed by atoms with Crippen LogP contribution in [0.1, 0.15) is 38.4 Å². The standard InChI is InChI=1S/C15H22N2O4/c1-10(18)12-5-7-16(8-6-12)14-4-3-13(11(2)19)9-15(14)17(20)21/h3-4,9-12,18-19H,5-8H2,1-2H3. The van der Waals surface area contributed by atoms with Crippen LogP contribution < -0.4 is 4.90 Å². The zero-order valence-corrected chi connectivity index (χ0v) is 12.4. The highest BCUT2D eigenvalue weighted by atomic mass is 16.6. The van der Waals surface area contributed by atoms with Gasteiger partial charge in [0.1, 0.15) is 5.69 Å². The lowest BCUT2D eigenvalue weighted by atomic mass is 9.92.